The Morgan fingerprint density at radius 3 is 2.79 bits per heavy atom. The highest BCUT2D eigenvalue weighted by atomic mass is 16.5. The number of para-hydroxylation sites is 1. The molecule has 1 aromatic rings. The first-order chi connectivity index (χ1) is 8.94. The molecule has 0 aromatic heterocycles. The van der Waals surface area contributed by atoms with E-state index < -0.39 is 0 Å². The van der Waals surface area contributed by atoms with Crippen LogP contribution in [0, 0.1) is 5.41 Å². The number of likely N-dealkylation sites (tertiary alicyclic amines) is 1. The Balaban J connectivity index is 2.25. The summed E-state index contributed by atoms with van der Waals surface area (Å²) in [6.45, 7) is 5.80. The van der Waals surface area contributed by atoms with E-state index in [1.54, 1.807) is 18.2 Å². The van der Waals surface area contributed by atoms with E-state index in [-0.39, 0.29) is 17.1 Å². The number of amides is 1. The summed E-state index contributed by atoms with van der Waals surface area (Å²) in [5.41, 5.74) is 0.458. The third-order valence-electron chi connectivity index (χ3n) is 3.64. The van der Waals surface area contributed by atoms with Crippen LogP contribution in [-0.2, 0) is 0 Å². The summed E-state index contributed by atoms with van der Waals surface area (Å²) in [5.74, 6) is 0.143. The van der Waals surface area contributed by atoms with Crippen molar-refractivity contribution in [3.8, 4) is 11.5 Å². The molecule has 1 aliphatic heterocycles. The molecule has 1 aromatic carbocycles. The van der Waals surface area contributed by atoms with Crippen LogP contribution in [-0.4, -0.2) is 36.1 Å². The summed E-state index contributed by atoms with van der Waals surface area (Å²) in [7, 11) is 1.48. The number of rotatable bonds is 2. The number of carbonyl (C=O) groups excluding carboxylic acids is 1. The van der Waals surface area contributed by atoms with Crippen LogP contribution in [0.2, 0.25) is 0 Å². The Morgan fingerprint density at radius 1 is 1.42 bits per heavy atom. The Morgan fingerprint density at radius 2 is 2.16 bits per heavy atom. The average molecular weight is 263 g/mol. The third-order valence-corrected chi connectivity index (χ3v) is 3.64. The maximum atomic E-state index is 12.5. The summed E-state index contributed by atoms with van der Waals surface area (Å²) in [5, 5.41) is 10.0. The van der Waals surface area contributed by atoms with Crippen LogP contribution in [0.1, 0.15) is 37.0 Å². The number of aromatic hydroxyl groups is 1. The molecule has 0 unspecified atom stereocenters. The number of phenolic OH excluding ortho intramolecular Hbond substituents is 1. The van der Waals surface area contributed by atoms with Crippen LogP contribution in [0.3, 0.4) is 0 Å². The maximum Gasteiger partial charge on any atom is 0.257 e. The number of ether oxygens (including phenoxy) is 1. The zero-order chi connectivity index (χ0) is 14.0. The lowest BCUT2D eigenvalue weighted by atomic mass is 9.84. The summed E-state index contributed by atoms with van der Waals surface area (Å²) in [6.07, 6.45) is 2.13. The second kappa shape index (κ2) is 5.11. The van der Waals surface area contributed by atoms with Crippen molar-refractivity contribution in [3.05, 3.63) is 23.8 Å². The van der Waals surface area contributed by atoms with Gasteiger partial charge in [-0.05, 0) is 30.4 Å². The van der Waals surface area contributed by atoms with Gasteiger partial charge >= 0.3 is 0 Å². The minimum atomic E-state index is -0.121. The van der Waals surface area contributed by atoms with Gasteiger partial charge in [0.2, 0.25) is 0 Å². The molecule has 1 fully saturated rings. The lowest BCUT2D eigenvalue weighted by Crippen LogP contribution is -2.43. The molecule has 0 aliphatic carbocycles. The van der Waals surface area contributed by atoms with E-state index in [1.165, 1.54) is 7.11 Å². The van der Waals surface area contributed by atoms with Gasteiger partial charge in [0, 0.05) is 13.1 Å². The van der Waals surface area contributed by atoms with Crippen LogP contribution in [0.15, 0.2) is 18.2 Å². The van der Waals surface area contributed by atoms with Gasteiger partial charge in [-0.3, -0.25) is 4.79 Å². The second-order valence-electron chi connectivity index (χ2n) is 5.85. The van der Waals surface area contributed by atoms with Gasteiger partial charge in [0.1, 0.15) is 0 Å². The molecule has 1 heterocycles. The summed E-state index contributed by atoms with van der Waals surface area (Å²) in [6, 6.07) is 5.01. The normalized spacial score (nSPS) is 18.2. The van der Waals surface area contributed by atoms with Gasteiger partial charge in [0.15, 0.2) is 11.5 Å². The minimum absolute atomic E-state index is 0.0709. The SMILES string of the molecule is COc1cccc(C(=O)N2CCCC(C)(C)C2)c1O. The molecular weight excluding hydrogens is 242 g/mol. The van der Waals surface area contributed by atoms with Crippen molar-refractivity contribution in [2.24, 2.45) is 5.41 Å². The minimum Gasteiger partial charge on any atom is -0.504 e. The van der Waals surface area contributed by atoms with Crippen molar-refractivity contribution < 1.29 is 14.6 Å². The molecule has 4 nitrogen and oxygen atoms in total. The molecular formula is C15H21NO3. The summed E-state index contributed by atoms with van der Waals surface area (Å²) >= 11 is 0. The zero-order valence-electron chi connectivity index (χ0n) is 11.8. The van der Waals surface area contributed by atoms with Gasteiger partial charge < -0.3 is 14.7 Å². The van der Waals surface area contributed by atoms with Gasteiger partial charge in [-0.2, -0.15) is 0 Å². The highest BCUT2D eigenvalue weighted by Gasteiger charge is 2.30. The molecule has 1 amide bonds. The van der Waals surface area contributed by atoms with Crippen LogP contribution in [0.5, 0.6) is 11.5 Å². The smallest absolute Gasteiger partial charge is 0.257 e. The summed E-state index contributed by atoms with van der Waals surface area (Å²) in [4.78, 5) is 14.3. The van der Waals surface area contributed by atoms with E-state index in [4.69, 9.17) is 4.74 Å². The number of phenols is 1. The van der Waals surface area contributed by atoms with Crippen molar-refractivity contribution in [3.63, 3.8) is 0 Å². The van der Waals surface area contributed by atoms with Gasteiger partial charge in [-0.25, -0.2) is 0 Å². The quantitative estimate of drug-likeness (QED) is 0.892. The third kappa shape index (κ3) is 2.83. The van der Waals surface area contributed by atoms with Crippen molar-refractivity contribution in [1.29, 1.82) is 0 Å². The number of carbonyl (C=O) groups is 1. The Hall–Kier alpha value is -1.71. The molecule has 2 rings (SSSR count). The van der Waals surface area contributed by atoms with E-state index in [1.807, 2.05) is 4.90 Å². The predicted octanol–water partition coefficient (Wildman–Crippen LogP) is 2.66. The van der Waals surface area contributed by atoms with E-state index in [2.05, 4.69) is 13.8 Å². The van der Waals surface area contributed by atoms with E-state index in [9.17, 15) is 9.90 Å². The van der Waals surface area contributed by atoms with Crippen LogP contribution in [0.4, 0.5) is 0 Å². The molecule has 0 atom stereocenters. The average Bonchev–Trinajstić information content (AvgIpc) is 2.37. The first kappa shape index (κ1) is 13.7. The monoisotopic (exact) mass is 263 g/mol. The lowest BCUT2D eigenvalue weighted by Gasteiger charge is -2.38. The van der Waals surface area contributed by atoms with Crippen molar-refractivity contribution in [1.82, 2.24) is 4.90 Å². The van der Waals surface area contributed by atoms with Gasteiger partial charge in [-0.1, -0.05) is 19.9 Å². The molecule has 0 spiro atoms. The van der Waals surface area contributed by atoms with Gasteiger partial charge in [0.25, 0.3) is 5.91 Å². The Kier molecular flexibility index (Phi) is 3.69. The van der Waals surface area contributed by atoms with Crippen molar-refractivity contribution in [2.45, 2.75) is 26.7 Å². The summed E-state index contributed by atoms with van der Waals surface area (Å²) < 4.78 is 5.04. The maximum absolute atomic E-state index is 12.5. The molecule has 0 radical (unpaired) electrons. The number of piperidine rings is 1. The number of nitrogens with zero attached hydrogens (tertiary/aromatic N) is 1. The standard InChI is InChI=1S/C15H21NO3/c1-15(2)8-5-9-16(10-15)14(18)11-6-4-7-12(19-3)13(11)17/h4,6-7,17H,5,8-10H2,1-3H3. The highest BCUT2D eigenvalue weighted by Crippen LogP contribution is 2.33. The largest absolute Gasteiger partial charge is 0.504 e. The fraction of sp³-hybridized carbons (Fsp3) is 0.533. The number of methoxy groups -OCH3 is 1. The first-order valence-electron chi connectivity index (χ1n) is 6.60. The predicted molar refractivity (Wildman–Crippen MR) is 73.6 cm³/mol. The molecule has 1 saturated heterocycles. The van der Waals surface area contributed by atoms with Crippen molar-refractivity contribution >= 4 is 5.91 Å². The first-order valence-corrected chi connectivity index (χ1v) is 6.60. The van der Waals surface area contributed by atoms with E-state index in [0.29, 0.717) is 11.3 Å². The topological polar surface area (TPSA) is 49.8 Å². The molecule has 4 heteroatoms. The fourth-order valence-electron chi connectivity index (χ4n) is 2.63. The van der Waals surface area contributed by atoms with Gasteiger partial charge in [-0.15, -0.1) is 0 Å². The van der Waals surface area contributed by atoms with Crippen molar-refractivity contribution in [2.75, 3.05) is 20.2 Å². The molecule has 0 bridgehead atoms. The van der Waals surface area contributed by atoms with E-state index >= 15 is 0 Å². The van der Waals surface area contributed by atoms with Crippen LogP contribution < -0.4 is 4.74 Å². The zero-order valence-corrected chi connectivity index (χ0v) is 11.8. The Bertz CT molecular complexity index is 482. The molecule has 19 heavy (non-hydrogen) atoms. The van der Waals surface area contributed by atoms with Gasteiger partial charge in [0.05, 0.1) is 12.7 Å². The van der Waals surface area contributed by atoms with Crippen LogP contribution in [0.25, 0.3) is 0 Å². The van der Waals surface area contributed by atoms with Crippen LogP contribution >= 0.6 is 0 Å². The molecule has 1 aliphatic rings. The molecule has 104 valence electrons. The number of hydrogen-bond acceptors (Lipinski definition) is 3. The molecule has 1 N–H and O–H groups in total. The fourth-order valence-corrected chi connectivity index (χ4v) is 2.63. The lowest BCUT2D eigenvalue weighted by molar-refractivity contribution is 0.0580. The number of benzene rings is 1. The second-order valence-corrected chi connectivity index (χ2v) is 5.85. The number of hydrogen-bond donors (Lipinski definition) is 1. The van der Waals surface area contributed by atoms with E-state index in [0.717, 1.165) is 25.9 Å². The highest BCUT2D eigenvalue weighted by molar-refractivity contribution is 5.97. The molecule has 0 saturated carbocycles. The Labute approximate surface area is 114 Å².